The predicted octanol–water partition coefficient (Wildman–Crippen LogP) is 3.67. The Morgan fingerprint density at radius 2 is 2.06 bits per heavy atom. The van der Waals surface area contributed by atoms with E-state index < -0.39 is 0 Å². The molecule has 0 spiro atoms. The van der Waals surface area contributed by atoms with Crippen molar-refractivity contribution in [1.29, 1.82) is 0 Å². The Kier molecular flexibility index (Phi) is 4.55. The van der Waals surface area contributed by atoms with Crippen LogP contribution >= 0.6 is 11.6 Å². The molecule has 1 aliphatic carbocycles. The van der Waals surface area contributed by atoms with Gasteiger partial charge in [0.2, 0.25) is 0 Å². The first-order valence-corrected chi connectivity index (χ1v) is 6.71. The lowest BCUT2D eigenvalue weighted by Crippen LogP contribution is -2.30. The maximum Gasteiger partial charge on any atom is 0.275 e. The molecule has 18 heavy (non-hydrogen) atoms. The van der Waals surface area contributed by atoms with Gasteiger partial charge in [0, 0.05) is 18.7 Å². The molecule has 5 heteroatoms. The summed E-state index contributed by atoms with van der Waals surface area (Å²) in [6, 6.07) is 5.29. The minimum Gasteiger partial charge on any atom is -0.310 e. The lowest BCUT2D eigenvalue weighted by molar-refractivity contribution is -0.385. The zero-order valence-electron chi connectivity index (χ0n) is 10.2. The summed E-state index contributed by atoms with van der Waals surface area (Å²) in [6.07, 6.45) is 6.07. The second-order valence-corrected chi connectivity index (χ2v) is 5.12. The third-order valence-electron chi connectivity index (χ3n) is 3.46. The van der Waals surface area contributed by atoms with Crippen LogP contribution in [-0.2, 0) is 6.54 Å². The Labute approximate surface area is 111 Å². The van der Waals surface area contributed by atoms with Crippen molar-refractivity contribution in [2.24, 2.45) is 0 Å². The quantitative estimate of drug-likeness (QED) is 0.670. The number of rotatable bonds is 4. The molecule has 1 aliphatic rings. The van der Waals surface area contributed by atoms with E-state index in [1.807, 2.05) is 0 Å². The number of nitrogens with zero attached hydrogens (tertiary/aromatic N) is 1. The molecular formula is C13H17ClN2O2. The van der Waals surface area contributed by atoms with Crippen molar-refractivity contribution in [3.63, 3.8) is 0 Å². The van der Waals surface area contributed by atoms with Gasteiger partial charge in [0.25, 0.3) is 5.69 Å². The number of nitro benzene ring substituents is 1. The fourth-order valence-electron chi connectivity index (χ4n) is 2.45. The van der Waals surface area contributed by atoms with E-state index in [-0.39, 0.29) is 10.6 Å². The molecule has 0 atom stereocenters. The summed E-state index contributed by atoms with van der Waals surface area (Å²) in [5.41, 5.74) is 0.695. The van der Waals surface area contributed by atoms with Crippen molar-refractivity contribution in [2.75, 3.05) is 0 Å². The first kappa shape index (κ1) is 13.3. The van der Waals surface area contributed by atoms with Crippen LogP contribution in [0, 0.1) is 10.1 Å². The van der Waals surface area contributed by atoms with Gasteiger partial charge in [-0.2, -0.15) is 0 Å². The first-order valence-electron chi connectivity index (χ1n) is 6.33. The van der Waals surface area contributed by atoms with Crippen molar-refractivity contribution in [2.45, 2.75) is 44.7 Å². The summed E-state index contributed by atoms with van der Waals surface area (Å²) in [4.78, 5) is 10.6. The molecule has 1 N–H and O–H groups in total. The van der Waals surface area contributed by atoms with E-state index in [0.717, 1.165) is 12.8 Å². The molecule has 1 saturated carbocycles. The number of nitro groups is 1. The Morgan fingerprint density at radius 1 is 1.33 bits per heavy atom. The van der Waals surface area contributed by atoms with Crippen LogP contribution < -0.4 is 5.32 Å². The van der Waals surface area contributed by atoms with E-state index in [2.05, 4.69) is 5.32 Å². The first-order chi connectivity index (χ1) is 8.68. The van der Waals surface area contributed by atoms with Crippen LogP contribution in [0.2, 0.25) is 5.02 Å². The maximum atomic E-state index is 10.9. The lowest BCUT2D eigenvalue weighted by Gasteiger charge is -2.23. The molecule has 0 saturated heterocycles. The second-order valence-electron chi connectivity index (χ2n) is 4.71. The third kappa shape index (κ3) is 3.21. The summed E-state index contributed by atoms with van der Waals surface area (Å²) in [5.74, 6) is 0. The summed E-state index contributed by atoms with van der Waals surface area (Å²) in [6.45, 7) is 0.473. The Bertz CT molecular complexity index is 431. The molecule has 0 bridgehead atoms. The summed E-state index contributed by atoms with van der Waals surface area (Å²) in [7, 11) is 0. The molecular weight excluding hydrogens is 252 g/mol. The highest BCUT2D eigenvalue weighted by Crippen LogP contribution is 2.27. The topological polar surface area (TPSA) is 55.2 Å². The van der Waals surface area contributed by atoms with Crippen LogP contribution in [0.15, 0.2) is 18.2 Å². The smallest absolute Gasteiger partial charge is 0.275 e. The Hall–Kier alpha value is -1.13. The van der Waals surface area contributed by atoms with E-state index >= 15 is 0 Å². The van der Waals surface area contributed by atoms with E-state index in [4.69, 9.17) is 11.6 Å². The van der Waals surface area contributed by atoms with Gasteiger partial charge < -0.3 is 5.32 Å². The zero-order chi connectivity index (χ0) is 13.0. The number of nitrogens with one attached hydrogen (secondary N) is 1. The molecule has 4 nitrogen and oxygen atoms in total. The van der Waals surface area contributed by atoms with E-state index in [1.54, 1.807) is 12.1 Å². The van der Waals surface area contributed by atoms with Gasteiger partial charge in [0.05, 0.1) is 15.5 Å². The molecule has 0 unspecified atom stereocenters. The highest BCUT2D eigenvalue weighted by Gasteiger charge is 2.18. The average molecular weight is 269 g/mol. The molecule has 0 amide bonds. The van der Waals surface area contributed by atoms with Crippen LogP contribution in [0.5, 0.6) is 0 Å². The molecule has 98 valence electrons. The van der Waals surface area contributed by atoms with Crippen LogP contribution in [0.25, 0.3) is 0 Å². The van der Waals surface area contributed by atoms with Crippen LogP contribution in [0.4, 0.5) is 5.69 Å². The van der Waals surface area contributed by atoms with Crippen molar-refractivity contribution < 1.29 is 4.92 Å². The van der Waals surface area contributed by atoms with Gasteiger partial charge in [-0.05, 0) is 18.9 Å². The Morgan fingerprint density at radius 3 is 2.72 bits per heavy atom. The summed E-state index contributed by atoms with van der Waals surface area (Å²) < 4.78 is 0. The van der Waals surface area contributed by atoms with E-state index in [1.165, 1.54) is 25.3 Å². The van der Waals surface area contributed by atoms with Gasteiger partial charge in [-0.1, -0.05) is 36.9 Å². The molecule has 0 aromatic heterocycles. The minimum absolute atomic E-state index is 0.103. The monoisotopic (exact) mass is 268 g/mol. The maximum absolute atomic E-state index is 10.9. The normalized spacial score (nSPS) is 16.7. The fourth-order valence-corrected chi connectivity index (χ4v) is 2.68. The molecule has 1 fully saturated rings. The summed E-state index contributed by atoms with van der Waals surface area (Å²) >= 11 is 6.05. The number of halogens is 1. The number of hydrogen-bond acceptors (Lipinski definition) is 3. The average Bonchev–Trinajstić information content (AvgIpc) is 2.38. The molecule has 1 aromatic rings. The minimum atomic E-state index is -0.371. The molecule has 0 heterocycles. The predicted molar refractivity (Wildman–Crippen MR) is 71.8 cm³/mol. The highest BCUT2D eigenvalue weighted by molar-refractivity contribution is 6.31. The summed E-state index contributed by atoms with van der Waals surface area (Å²) in [5, 5.41) is 14.8. The Balaban J connectivity index is 2.05. The molecule has 0 aliphatic heterocycles. The van der Waals surface area contributed by atoms with Gasteiger partial charge in [0.1, 0.15) is 0 Å². The zero-order valence-corrected chi connectivity index (χ0v) is 10.9. The van der Waals surface area contributed by atoms with Gasteiger partial charge in [-0.25, -0.2) is 0 Å². The van der Waals surface area contributed by atoms with Crippen molar-refractivity contribution in [3.05, 3.63) is 38.9 Å². The second kappa shape index (κ2) is 6.16. The molecule has 1 aromatic carbocycles. The van der Waals surface area contributed by atoms with Crippen LogP contribution in [0.3, 0.4) is 0 Å². The van der Waals surface area contributed by atoms with Gasteiger partial charge >= 0.3 is 0 Å². The van der Waals surface area contributed by atoms with Gasteiger partial charge in [0.15, 0.2) is 0 Å². The van der Waals surface area contributed by atoms with Crippen molar-refractivity contribution >= 4 is 17.3 Å². The third-order valence-corrected chi connectivity index (χ3v) is 3.82. The standard InChI is InChI=1S/C13H17ClN2O2/c14-12-7-4-8-13(16(17)18)11(12)9-15-10-5-2-1-3-6-10/h4,7-8,10,15H,1-3,5-6,9H2. The van der Waals surface area contributed by atoms with Crippen LogP contribution in [-0.4, -0.2) is 11.0 Å². The highest BCUT2D eigenvalue weighted by atomic mass is 35.5. The van der Waals surface area contributed by atoms with Gasteiger partial charge in [-0.3, -0.25) is 10.1 Å². The fraction of sp³-hybridized carbons (Fsp3) is 0.538. The molecule has 2 rings (SSSR count). The number of benzene rings is 1. The molecule has 0 radical (unpaired) electrons. The van der Waals surface area contributed by atoms with E-state index in [9.17, 15) is 10.1 Å². The van der Waals surface area contributed by atoms with Gasteiger partial charge in [-0.15, -0.1) is 0 Å². The van der Waals surface area contributed by atoms with Crippen molar-refractivity contribution in [3.8, 4) is 0 Å². The van der Waals surface area contributed by atoms with E-state index in [0.29, 0.717) is 23.2 Å². The number of hydrogen-bond donors (Lipinski definition) is 1. The SMILES string of the molecule is O=[N+]([O-])c1cccc(Cl)c1CNC1CCCCC1. The lowest BCUT2D eigenvalue weighted by atomic mass is 9.95. The van der Waals surface area contributed by atoms with Crippen LogP contribution in [0.1, 0.15) is 37.7 Å². The largest absolute Gasteiger partial charge is 0.310 e. The van der Waals surface area contributed by atoms with Crippen molar-refractivity contribution in [1.82, 2.24) is 5.32 Å².